The van der Waals surface area contributed by atoms with Crippen LogP contribution in [0.2, 0.25) is 0 Å². The first-order valence-electron chi connectivity index (χ1n) is 9.36. The van der Waals surface area contributed by atoms with Crippen LogP contribution in [0.15, 0.2) is 36.4 Å². The van der Waals surface area contributed by atoms with E-state index < -0.39 is 0 Å². The minimum absolute atomic E-state index is 0.0667. The predicted octanol–water partition coefficient (Wildman–Crippen LogP) is 1.26. The van der Waals surface area contributed by atoms with Crippen molar-refractivity contribution in [3.8, 4) is 5.69 Å². The summed E-state index contributed by atoms with van der Waals surface area (Å²) in [5, 5.41) is 7.37. The van der Waals surface area contributed by atoms with Gasteiger partial charge in [0.25, 0.3) is 0 Å². The lowest BCUT2D eigenvalue weighted by Gasteiger charge is -2.32. The molecule has 26 heavy (non-hydrogen) atoms. The van der Waals surface area contributed by atoms with Crippen LogP contribution in [0.4, 0.5) is 5.82 Å². The van der Waals surface area contributed by atoms with Gasteiger partial charge in [0, 0.05) is 24.9 Å². The maximum atomic E-state index is 5.83. The fraction of sp³-hybridized carbons (Fsp3) is 0.381. The molecule has 5 nitrogen and oxygen atoms in total. The summed E-state index contributed by atoms with van der Waals surface area (Å²) < 4.78 is 7.82. The first-order chi connectivity index (χ1) is 12.8. The summed E-state index contributed by atoms with van der Waals surface area (Å²) in [7, 11) is 0. The molecule has 2 aliphatic rings. The summed E-state index contributed by atoms with van der Waals surface area (Å²) in [6.45, 7) is 4.95. The van der Waals surface area contributed by atoms with Gasteiger partial charge in [0.05, 0.1) is 23.7 Å². The van der Waals surface area contributed by atoms with Gasteiger partial charge in [-0.25, -0.2) is 4.68 Å². The molecule has 5 heteroatoms. The van der Waals surface area contributed by atoms with E-state index >= 15 is 0 Å². The number of hydrogen-bond donors (Lipinski definition) is 1. The van der Waals surface area contributed by atoms with Crippen molar-refractivity contribution in [3.63, 3.8) is 0 Å². The number of allylic oxidation sites excluding steroid dienone is 2. The molecule has 4 rings (SSSR count). The summed E-state index contributed by atoms with van der Waals surface area (Å²) in [4.78, 5) is 2.31. The highest BCUT2D eigenvalue weighted by Crippen LogP contribution is 2.13. The number of anilines is 1. The molecule has 1 saturated heterocycles. The fourth-order valence-electron chi connectivity index (χ4n) is 3.53. The van der Waals surface area contributed by atoms with E-state index in [9.17, 15) is 0 Å². The molecule has 0 amide bonds. The number of aryl methyl sites for hydroxylation is 1. The standard InChI is InChI=1S/C21H26N4O/c1-16-8-10-17(11-9-16)25-20-7-5-3-2-4-6-19(20)21(23-25)24-12-13-26-18(14-22)15-24/h2,4,6-11,18H,3,5,12-15,22H2,1H3/b4-2+,19-6+,20-7+. The van der Waals surface area contributed by atoms with E-state index in [0.717, 1.165) is 37.4 Å². The van der Waals surface area contributed by atoms with Crippen molar-refractivity contribution in [1.29, 1.82) is 0 Å². The monoisotopic (exact) mass is 350 g/mol. The van der Waals surface area contributed by atoms with Gasteiger partial charge in [-0.3, -0.25) is 0 Å². The molecular weight excluding hydrogens is 324 g/mol. The van der Waals surface area contributed by atoms with Gasteiger partial charge in [0.15, 0.2) is 5.82 Å². The molecule has 0 bridgehead atoms. The van der Waals surface area contributed by atoms with Crippen LogP contribution in [0.1, 0.15) is 18.4 Å². The third kappa shape index (κ3) is 3.32. The molecule has 2 heterocycles. The van der Waals surface area contributed by atoms with Gasteiger partial charge in [0.2, 0.25) is 0 Å². The second-order valence-corrected chi connectivity index (χ2v) is 6.92. The van der Waals surface area contributed by atoms with Gasteiger partial charge >= 0.3 is 0 Å². The highest BCUT2D eigenvalue weighted by molar-refractivity contribution is 5.54. The highest BCUT2D eigenvalue weighted by atomic mass is 16.5. The summed E-state index contributed by atoms with van der Waals surface area (Å²) in [5.41, 5.74) is 8.18. The van der Waals surface area contributed by atoms with Crippen LogP contribution < -0.4 is 21.2 Å². The number of nitrogens with zero attached hydrogens (tertiary/aromatic N) is 3. The van der Waals surface area contributed by atoms with E-state index in [2.05, 4.69) is 65.1 Å². The number of aromatic nitrogens is 2. The van der Waals surface area contributed by atoms with Gasteiger partial charge in [-0.05, 0) is 38.0 Å². The van der Waals surface area contributed by atoms with E-state index in [1.165, 1.54) is 16.1 Å². The number of fused-ring (bicyclic) bond motifs is 1. The van der Waals surface area contributed by atoms with Crippen LogP contribution in [0.3, 0.4) is 0 Å². The largest absolute Gasteiger partial charge is 0.373 e. The third-order valence-corrected chi connectivity index (χ3v) is 4.99. The molecule has 1 unspecified atom stereocenters. The topological polar surface area (TPSA) is 56.3 Å². The summed E-state index contributed by atoms with van der Waals surface area (Å²) in [5.74, 6) is 1.02. The molecule has 1 aliphatic heterocycles. The molecule has 1 fully saturated rings. The maximum absolute atomic E-state index is 5.83. The quantitative estimate of drug-likeness (QED) is 0.905. The van der Waals surface area contributed by atoms with E-state index in [0.29, 0.717) is 13.2 Å². The Labute approximate surface area is 154 Å². The zero-order chi connectivity index (χ0) is 17.9. The second kappa shape index (κ2) is 7.48. The van der Waals surface area contributed by atoms with Crippen molar-refractivity contribution in [2.75, 3.05) is 31.1 Å². The maximum Gasteiger partial charge on any atom is 0.159 e. The second-order valence-electron chi connectivity index (χ2n) is 6.92. The van der Waals surface area contributed by atoms with E-state index in [1.807, 2.05) is 0 Å². The number of hydrogen-bond acceptors (Lipinski definition) is 4. The lowest BCUT2D eigenvalue weighted by Crippen LogP contribution is -2.47. The number of morpholine rings is 1. The lowest BCUT2D eigenvalue weighted by molar-refractivity contribution is 0.0462. The Bertz CT molecular complexity index is 911. The van der Waals surface area contributed by atoms with Crippen molar-refractivity contribution in [2.24, 2.45) is 5.73 Å². The molecule has 2 aromatic rings. The van der Waals surface area contributed by atoms with E-state index in [-0.39, 0.29) is 6.10 Å². The third-order valence-electron chi connectivity index (χ3n) is 4.99. The van der Waals surface area contributed by atoms with Crippen LogP contribution in [-0.4, -0.2) is 42.1 Å². The first-order valence-corrected chi connectivity index (χ1v) is 9.36. The van der Waals surface area contributed by atoms with E-state index in [4.69, 9.17) is 15.6 Å². The number of ether oxygens (including phenoxy) is 1. The SMILES string of the molecule is Cc1ccc(-n2nc(N3CCOC(CN)C3)c3/c2=C\CC\C=C\C=3)cc1. The van der Waals surface area contributed by atoms with Gasteiger partial charge in [-0.2, -0.15) is 0 Å². The Kier molecular flexibility index (Phi) is 4.91. The Morgan fingerprint density at radius 1 is 1.23 bits per heavy atom. The summed E-state index contributed by atoms with van der Waals surface area (Å²) >= 11 is 0. The van der Waals surface area contributed by atoms with Gasteiger partial charge in [-0.15, -0.1) is 5.10 Å². The van der Waals surface area contributed by atoms with Gasteiger partial charge < -0.3 is 15.4 Å². The highest BCUT2D eigenvalue weighted by Gasteiger charge is 2.23. The average molecular weight is 350 g/mol. The summed E-state index contributed by atoms with van der Waals surface area (Å²) in [6.07, 6.45) is 11.0. The Balaban J connectivity index is 1.86. The minimum atomic E-state index is 0.0667. The zero-order valence-electron chi connectivity index (χ0n) is 15.3. The first kappa shape index (κ1) is 17.1. The summed E-state index contributed by atoms with van der Waals surface area (Å²) in [6, 6.07) is 8.54. The molecule has 1 aliphatic carbocycles. The number of rotatable bonds is 3. The van der Waals surface area contributed by atoms with Crippen molar-refractivity contribution < 1.29 is 4.74 Å². The molecule has 1 aromatic carbocycles. The van der Waals surface area contributed by atoms with Crippen LogP contribution in [0.5, 0.6) is 0 Å². The molecule has 1 aromatic heterocycles. The molecule has 2 N–H and O–H groups in total. The molecule has 0 saturated carbocycles. The van der Waals surface area contributed by atoms with Crippen molar-refractivity contribution >= 4 is 18.0 Å². The minimum Gasteiger partial charge on any atom is -0.373 e. The van der Waals surface area contributed by atoms with Crippen molar-refractivity contribution in [3.05, 3.63) is 52.5 Å². The van der Waals surface area contributed by atoms with Crippen LogP contribution in [-0.2, 0) is 4.74 Å². The smallest absolute Gasteiger partial charge is 0.159 e. The molecule has 136 valence electrons. The van der Waals surface area contributed by atoms with Gasteiger partial charge in [0.1, 0.15) is 0 Å². The molecule has 0 radical (unpaired) electrons. The average Bonchev–Trinajstić information content (AvgIpc) is 2.99. The Morgan fingerprint density at radius 2 is 2.08 bits per heavy atom. The number of benzene rings is 1. The normalized spacial score (nSPS) is 23.8. The number of nitrogens with two attached hydrogens (primary N) is 1. The molecule has 0 spiro atoms. The Hall–Kier alpha value is -2.37. The predicted molar refractivity (Wildman–Crippen MR) is 106 cm³/mol. The van der Waals surface area contributed by atoms with Crippen molar-refractivity contribution in [1.82, 2.24) is 9.78 Å². The van der Waals surface area contributed by atoms with Crippen LogP contribution in [0.25, 0.3) is 17.8 Å². The molecular formula is C21H26N4O. The van der Waals surface area contributed by atoms with E-state index in [1.54, 1.807) is 0 Å². The van der Waals surface area contributed by atoms with Crippen molar-refractivity contribution in [2.45, 2.75) is 25.9 Å². The molecule has 1 atom stereocenters. The van der Waals surface area contributed by atoms with Gasteiger partial charge in [-0.1, -0.05) is 35.9 Å². The van der Waals surface area contributed by atoms with Crippen LogP contribution >= 0.6 is 0 Å². The zero-order valence-corrected chi connectivity index (χ0v) is 15.3. The fourth-order valence-corrected chi connectivity index (χ4v) is 3.53. The lowest BCUT2D eigenvalue weighted by atomic mass is 10.2. The van der Waals surface area contributed by atoms with Crippen LogP contribution in [0, 0.1) is 6.92 Å². The Morgan fingerprint density at radius 3 is 2.88 bits per heavy atom.